The first-order chi connectivity index (χ1) is 9.06. The van der Waals surface area contributed by atoms with Gasteiger partial charge in [-0.05, 0) is 35.9 Å². The average Bonchev–Trinajstić information content (AvgIpc) is 2.37. The zero-order valence-electron chi connectivity index (χ0n) is 9.88. The van der Waals surface area contributed by atoms with Crippen LogP contribution in [0.2, 0.25) is 5.02 Å². The second-order valence-electron chi connectivity index (χ2n) is 3.95. The molecule has 0 aliphatic heterocycles. The third-order valence-corrected chi connectivity index (χ3v) is 2.80. The summed E-state index contributed by atoms with van der Waals surface area (Å²) in [5.41, 5.74) is 0.971. The van der Waals surface area contributed by atoms with Gasteiger partial charge in [-0.25, -0.2) is 0 Å². The van der Waals surface area contributed by atoms with Gasteiger partial charge in [0.25, 0.3) is 0 Å². The molecule has 0 saturated carbocycles. The molecule has 19 heavy (non-hydrogen) atoms. The second-order valence-corrected chi connectivity index (χ2v) is 4.39. The number of benzene rings is 2. The summed E-state index contributed by atoms with van der Waals surface area (Å²) < 4.78 is 0. The number of aromatic hydroxyl groups is 2. The van der Waals surface area contributed by atoms with Crippen molar-refractivity contribution < 1.29 is 15.0 Å². The third-order valence-electron chi connectivity index (χ3n) is 2.54. The van der Waals surface area contributed by atoms with Crippen LogP contribution in [-0.4, -0.2) is 16.0 Å². The molecule has 0 bridgehead atoms. The van der Waals surface area contributed by atoms with Crippen molar-refractivity contribution in [1.82, 2.24) is 0 Å². The maximum atomic E-state index is 11.9. The molecule has 2 aromatic carbocycles. The average molecular weight is 275 g/mol. The molecule has 3 nitrogen and oxygen atoms in total. The quantitative estimate of drug-likeness (QED) is 0.663. The molecule has 2 rings (SSSR count). The van der Waals surface area contributed by atoms with Gasteiger partial charge in [0.1, 0.15) is 11.5 Å². The van der Waals surface area contributed by atoms with E-state index in [0.29, 0.717) is 5.02 Å². The van der Waals surface area contributed by atoms with Gasteiger partial charge in [-0.3, -0.25) is 4.79 Å². The molecular weight excluding hydrogens is 264 g/mol. The van der Waals surface area contributed by atoms with Gasteiger partial charge in [-0.15, -0.1) is 0 Å². The van der Waals surface area contributed by atoms with Crippen LogP contribution in [0.1, 0.15) is 15.9 Å². The van der Waals surface area contributed by atoms with Crippen molar-refractivity contribution in [3.63, 3.8) is 0 Å². The highest BCUT2D eigenvalue weighted by Gasteiger charge is 2.08. The van der Waals surface area contributed by atoms with E-state index >= 15 is 0 Å². The number of hydrogen-bond acceptors (Lipinski definition) is 3. The second kappa shape index (κ2) is 5.59. The fourth-order valence-electron chi connectivity index (χ4n) is 1.56. The van der Waals surface area contributed by atoms with Gasteiger partial charge in [0, 0.05) is 11.1 Å². The number of hydrogen-bond donors (Lipinski definition) is 2. The van der Waals surface area contributed by atoms with E-state index in [4.69, 9.17) is 16.7 Å². The minimum Gasteiger partial charge on any atom is -0.508 e. The molecule has 0 aliphatic rings. The van der Waals surface area contributed by atoms with Crippen molar-refractivity contribution in [3.05, 3.63) is 64.7 Å². The van der Waals surface area contributed by atoms with Gasteiger partial charge in [-0.2, -0.15) is 0 Å². The molecule has 0 unspecified atom stereocenters. The number of carbonyl (C=O) groups is 1. The van der Waals surface area contributed by atoms with E-state index in [1.165, 1.54) is 18.2 Å². The van der Waals surface area contributed by atoms with E-state index in [9.17, 15) is 9.90 Å². The maximum Gasteiger partial charge on any atom is 0.189 e. The number of halogens is 1. The third kappa shape index (κ3) is 3.36. The van der Waals surface area contributed by atoms with Crippen LogP contribution in [0.3, 0.4) is 0 Å². The highest BCUT2D eigenvalue weighted by atomic mass is 35.5. The zero-order valence-corrected chi connectivity index (χ0v) is 10.6. The first-order valence-corrected chi connectivity index (χ1v) is 5.94. The molecule has 0 spiro atoms. The van der Waals surface area contributed by atoms with E-state index in [-0.39, 0.29) is 22.8 Å². The number of phenols is 2. The summed E-state index contributed by atoms with van der Waals surface area (Å²) in [7, 11) is 0. The predicted octanol–water partition coefficient (Wildman–Crippen LogP) is 3.65. The van der Waals surface area contributed by atoms with Crippen molar-refractivity contribution in [2.45, 2.75) is 0 Å². The minimum atomic E-state index is -0.340. The molecule has 2 aromatic rings. The smallest absolute Gasteiger partial charge is 0.189 e. The Morgan fingerprint density at radius 2 is 1.74 bits per heavy atom. The van der Waals surface area contributed by atoms with Crippen LogP contribution in [0.15, 0.2) is 48.5 Å². The fraction of sp³-hybridized carbons (Fsp3) is 0. The molecule has 0 radical (unpaired) electrons. The van der Waals surface area contributed by atoms with Crippen LogP contribution >= 0.6 is 11.6 Å². The highest BCUT2D eigenvalue weighted by Crippen LogP contribution is 2.23. The Hall–Kier alpha value is -2.26. The van der Waals surface area contributed by atoms with Gasteiger partial charge >= 0.3 is 0 Å². The Bertz CT molecular complexity index is 630. The lowest BCUT2D eigenvalue weighted by atomic mass is 10.1. The lowest BCUT2D eigenvalue weighted by Gasteiger charge is -2.01. The summed E-state index contributed by atoms with van der Waals surface area (Å²) in [4.78, 5) is 11.9. The lowest BCUT2D eigenvalue weighted by Crippen LogP contribution is -1.94. The number of ketones is 1. The van der Waals surface area contributed by atoms with Crippen LogP contribution in [0.5, 0.6) is 11.5 Å². The van der Waals surface area contributed by atoms with Crippen LogP contribution in [-0.2, 0) is 0 Å². The fourth-order valence-corrected chi connectivity index (χ4v) is 1.69. The molecule has 0 fully saturated rings. The van der Waals surface area contributed by atoms with Gasteiger partial charge in [0.2, 0.25) is 0 Å². The molecule has 0 saturated heterocycles. The summed E-state index contributed by atoms with van der Waals surface area (Å²) in [5.74, 6) is -0.672. The minimum absolute atomic E-state index is 0.0873. The molecule has 4 heteroatoms. The van der Waals surface area contributed by atoms with Crippen LogP contribution < -0.4 is 0 Å². The zero-order chi connectivity index (χ0) is 13.8. The topological polar surface area (TPSA) is 57.5 Å². The summed E-state index contributed by atoms with van der Waals surface area (Å²) in [5, 5.41) is 19.3. The SMILES string of the molecule is O=C(C=Cc1ccc(Cl)cc1)c1ccc(O)cc1O. The van der Waals surface area contributed by atoms with E-state index in [0.717, 1.165) is 11.6 Å². The Labute approximate surface area is 115 Å². The molecule has 2 N–H and O–H groups in total. The molecular formula is C15H11ClO3. The molecule has 0 atom stereocenters. The Morgan fingerprint density at radius 1 is 1.05 bits per heavy atom. The van der Waals surface area contributed by atoms with E-state index in [1.54, 1.807) is 30.3 Å². The molecule has 96 valence electrons. The summed E-state index contributed by atoms with van der Waals surface area (Å²) in [6, 6.07) is 10.9. The number of phenolic OH excluding ortho intramolecular Hbond substituents is 2. The first kappa shape index (κ1) is 13.2. The standard InChI is InChI=1S/C15H11ClO3/c16-11-4-1-10(2-5-11)3-8-14(18)13-7-6-12(17)9-15(13)19/h1-9,17,19H. The monoisotopic (exact) mass is 274 g/mol. The lowest BCUT2D eigenvalue weighted by molar-refractivity contribution is 0.104. The predicted molar refractivity (Wildman–Crippen MR) is 74.6 cm³/mol. The molecule has 0 amide bonds. The maximum absolute atomic E-state index is 11.9. The Kier molecular flexibility index (Phi) is 3.88. The van der Waals surface area contributed by atoms with Crippen LogP contribution in [0.4, 0.5) is 0 Å². The van der Waals surface area contributed by atoms with Crippen molar-refractivity contribution in [2.75, 3.05) is 0 Å². The van der Waals surface area contributed by atoms with Crippen LogP contribution in [0, 0.1) is 0 Å². The Morgan fingerprint density at radius 3 is 2.37 bits per heavy atom. The van der Waals surface area contributed by atoms with Gasteiger partial charge in [0.05, 0.1) is 5.56 Å². The van der Waals surface area contributed by atoms with E-state index in [2.05, 4.69) is 0 Å². The van der Waals surface area contributed by atoms with Gasteiger partial charge < -0.3 is 10.2 Å². The molecule has 0 heterocycles. The summed E-state index contributed by atoms with van der Waals surface area (Å²) in [6.45, 7) is 0. The molecule has 0 aromatic heterocycles. The van der Waals surface area contributed by atoms with Crippen LogP contribution in [0.25, 0.3) is 6.08 Å². The van der Waals surface area contributed by atoms with E-state index < -0.39 is 0 Å². The van der Waals surface area contributed by atoms with Crippen molar-refractivity contribution >= 4 is 23.5 Å². The van der Waals surface area contributed by atoms with E-state index in [1.807, 2.05) is 0 Å². The number of rotatable bonds is 3. The highest BCUT2D eigenvalue weighted by molar-refractivity contribution is 6.30. The van der Waals surface area contributed by atoms with Crippen molar-refractivity contribution in [3.8, 4) is 11.5 Å². The molecule has 0 aliphatic carbocycles. The van der Waals surface area contributed by atoms with Gasteiger partial charge in [-0.1, -0.05) is 29.8 Å². The number of carbonyl (C=O) groups excluding carboxylic acids is 1. The van der Waals surface area contributed by atoms with Crippen molar-refractivity contribution in [1.29, 1.82) is 0 Å². The normalized spacial score (nSPS) is 10.8. The largest absolute Gasteiger partial charge is 0.508 e. The Balaban J connectivity index is 2.18. The summed E-state index contributed by atoms with van der Waals surface area (Å²) in [6.07, 6.45) is 2.99. The van der Waals surface area contributed by atoms with Gasteiger partial charge in [0.15, 0.2) is 5.78 Å². The number of allylic oxidation sites excluding steroid dienone is 1. The van der Waals surface area contributed by atoms with Crippen molar-refractivity contribution in [2.24, 2.45) is 0 Å². The first-order valence-electron chi connectivity index (χ1n) is 5.56. The summed E-state index contributed by atoms with van der Waals surface area (Å²) >= 11 is 5.76.